The molecule has 5 aromatic rings. The van der Waals surface area contributed by atoms with Crippen LogP contribution in [0.3, 0.4) is 0 Å². The minimum absolute atomic E-state index is 0.467. The molecule has 0 aliphatic carbocycles. The van der Waals surface area contributed by atoms with Crippen LogP contribution in [0.1, 0.15) is 11.7 Å². The number of rotatable bonds is 5. The Morgan fingerprint density at radius 3 is 2.45 bits per heavy atom. The quantitative estimate of drug-likeness (QED) is 0.413. The van der Waals surface area contributed by atoms with Crippen molar-refractivity contribution in [3.8, 4) is 22.4 Å². The Hall–Kier alpha value is -4.01. The van der Waals surface area contributed by atoms with Crippen LogP contribution < -0.4 is 5.32 Å². The van der Waals surface area contributed by atoms with E-state index in [0.29, 0.717) is 16.3 Å². The predicted molar refractivity (Wildman–Crippen MR) is 126 cm³/mol. The summed E-state index contributed by atoms with van der Waals surface area (Å²) in [5.74, 6) is -0.526. The van der Waals surface area contributed by atoms with Crippen LogP contribution >= 0.6 is 11.6 Å². The monoisotopic (exact) mass is 458 g/mol. The Labute approximate surface area is 194 Å². The molecule has 0 bridgehead atoms. The smallest absolute Gasteiger partial charge is 0.257 e. The summed E-state index contributed by atoms with van der Waals surface area (Å²) in [5, 5.41) is 22.1. The standard InChI is InChI=1S/C24H19ClN6O2/c1-30-12-18(11-27-30)17-10-21-22(26-14-28-31(21)13-17)15-4-8-20(9-5-15)29-24(33)23(32)16-2-6-19(25)7-3-16/h2-14,23,32H,1H3,(H,29,33)/t23-/m1/s1. The molecule has 3 aromatic heterocycles. The number of halogens is 1. The number of aliphatic hydroxyl groups is 1. The summed E-state index contributed by atoms with van der Waals surface area (Å²) in [4.78, 5) is 16.9. The number of hydrogen-bond acceptors (Lipinski definition) is 5. The third-order valence-corrected chi connectivity index (χ3v) is 5.56. The molecule has 0 spiro atoms. The van der Waals surface area contributed by atoms with Gasteiger partial charge in [-0.05, 0) is 35.9 Å². The van der Waals surface area contributed by atoms with Crippen molar-refractivity contribution in [2.75, 3.05) is 5.32 Å². The molecule has 0 saturated carbocycles. The molecule has 164 valence electrons. The van der Waals surface area contributed by atoms with Crippen LogP contribution in [0, 0.1) is 0 Å². The van der Waals surface area contributed by atoms with Gasteiger partial charge < -0.3 is 10.4 Å². The molecule has 2 aromatic carbocycles. The highest BCUT2D eigenvalue weighted by atomic mass is 35.5. The topological polar surface area (TPSA) is 97.3 Å². The van der Waals surface area contributed by atoms with E-state index < -0.39 is 12.0 Å². The summed E-state index contributed by atoms with van der Waals surface area (Å²) in [6.07, 6.45) is 5.89. The average Bonchev–Trinajstić information content (AvgIpc) is 3.45. The molecular formula is C24H19ClN6O2. The molecule has 33 heavy (non-hydrogen) atoms. The van der Waals surface area contributed by atoms with Crippen molar-refractivity contribution in [1.82, 2.24) is 24.4 Å². The highest BCUT2D eigenvalue weighted by molar-refractivity contribution is 6.30. The van der Waals surface area contributed by atoms with Gasteiger partial charge in [0.15, 0.2) is 6.10 Å². The SMILES string of the molecule is Cn1cc(-c2cc3c(-c4ccc(NC(=O)[C@H](O)c5ccc(Cl)cc5)cc4)ncnn3c2)cn1. The van der Waals surface area contributed by atoms with E-state index in [0.717, 1.165) is 27.9 Å². The van der Waals surface area contributed by atoms with Crippen molar-refractivity contribution in [2.45, 2.75) is 6.10 Å². The number of hydrogen-bond donors (Lipinski definition) is 2. The van der Waals surface area contributed by atoms with E-state index in [1.165, 1.54) is 6.33 Å². The Bertz CT molecular complexity index is 1440. The number of fused-ring (bicyclic) bond motifs is 1. The Balaban J connectivity index is 1.37. The zero-order valence-electron chi connectivity index (χ0n) is 17.6. The fraction of sp³-hybridized carbons (Fsp3) is 0.0833. The van der Waals surface area contributed by atoms with E-state index in [1.54, 1.807) is 51.8 Å². The maximum absolute atomic E-state index is 12.4. The Kier molecular flexibility index (Phi) is 5.37. The molecule has 0 aliphatic heterocycles. The third kappa shape index (κ3) is 4.21. The second-order valence-corrected chi connectivity index (χ2v) is 8.03. The van der Waals surface area contributed by atoms with E-state index >= 15 is 0 Å². The van der Waals surface area contributed by atoms with E-state index in [-0.39, 0.29) is 0 Å². The van der Waals surface area contributed by atoms with Crippen LogP contribution in [0.2, 0.25) is 5.02 Å². The molecule has 0 radical (unpaired) electrons. The lowest BCUT2D eigenvalue weighted by Crippen LogP contribution is -2.20. The first-order chi connectivity index (χ1) is 16.0. The minimum Gasteiger partial charge on any atom is -0.378 e. The van der Waals surface area contributed by atoms with Crippen molar-refractivity contribution in [2.24, 2.45) is 7.05 Å². The summed E-state index contributed by atoms with van der Waals surface area (Å²) in [7, 11) is 1.87. The lowest BCUT2D eigenvalue weighted by atomic mass is 10.1. The maximum atomic E-state index is 12.4. The normalized spacial score (nSPS) is 12.1. The van der Waals surface area contributed by atoms with Crippen LogP contribution in [0.25, 0.3) is 27.9 Å². The largest absolute Gasteiger partial charge is 0.378 e. The van der Waals surface area contributed by atoms with Crippen LogP contribution in [0.5, 0.6) is 0 Å². The van der Waals surface area contributed by atoms with Gasteiger partial charge in [-0.1, -0.05) is 35.9 Å². The summed E-state index contributed by atoms with van der Waals surface area (Å²) in [6, 6.07) is 15.8. The van der Waals surface area contributed by atoms with Gasteiger partial charge in [-0.3, -0.25) is 9.48 Å². The van der Waals surface area contributed by atoms with Crippen molar-refractivity contribution >= 4 is 28.7 Å². The van der Waals surface area contributed by atoms with Gasteiger partial charge in [0.2, 0.25) is 0 Å². The number of aryl methyl sites for hydroxylation is 1. The highest BCUT2D eigenvalue weighted by Crippen LogP contribution is 2.28. The lowest BCUT2D eigenvalue weighted by molar-refractivity contribution is -0.124. The summed E-state index contributed by atoms with van der Waals surface area (Å²) < 4.78 is 3.53. The maximum Gasteiger partial charge on any atom is 0.257 e. The molecule has 0 unspecified atom stereocenters. The number of anilines is 1. The Morgan fingerprint density at radius 1 is 1.00 bits per heavy atom. The van der Waals surface area contributed by atoms with Crippen LogP contribution in [-0.4, -0.2) is 35.4 Å². The molecule has 0 fully saturated rings. The van der Waals surface area contributed by atoms with E-state index in [4.69, 9.17) is 11.6 Å². The molecule has 9 heteroatoms. The highest BCUT2D eigenvalue weighted by Gasteiger charge is 2.18. The van der Waals surface area contributed by atoms with Crippen molar-refractivity contribution in [3.05, 3.63) is 90.1 Å². The number of benzene rings is 2. The van der Waals surface area contributed by atoms with Gasteiger partial charge in [0.1, 0.15) is 6.33 Å². The molecule has 5 rings (SSSR count). The number of carbonyl (C=O) groups excluding carboxylic acids is 1. The van der Waals surface area contributed by atoms with Gasteiger partial charge >= 0.3 is 0 Å². The number of aliphatic hydroxyl groups excluding tert-OH is 1. The lowest BCUT2D eigenvalue weighted by Gasteiger charge is -2.12. The van der Waals surface area contributed by atoms with Crippen molar-refractivity contribution in [3.63, 3.8) is 0 Å². The molecule has 3 heterocycles. The third-order valence-electron chi connectivity index (χ3n) is 5.30. The fourth-order valence-corrected chi connectivity index (χ4v) is 3.72. The van der Waals surface area contributed by atoms with E-state index in [9.17, 15) is 9.90 Å². The fourth-order valence-electron chi connectivity index (χ4n) is 3.60. The molecule has 1 atom stereocenters. The number of aromatic nitrogens is 5. The van der Waals surface area contributed by atoms with Gasteiger partial charge in [0, 0.05) is 46.8 Å². The van der Waals surface area contributed by atoms with Crippen LogP contribution in [0.4, 0.5) is 5.69 Å². The van der Waals surface area contributed by atoms with Gasteiger partial charge in [0.05, 0.1) is 17.4 Å². The Morgan fingerprint density at radius 2 is 1.76 bits per heavy atom. The number of nitrogens with one attached hydrogen (secondary N) is 1. The summed E-state index contributed by atoms with van der Waals surface area (Å²) in [5.41, 5.74) is 5.50. The molecule has 0 saturated heterocycles. The zero-order valence-corrected chi connectivity index (χ0v) is 18.3. The molecular weight excluding hydrogens is 440 g/mol. The van der Waals surface area contributed by atoms with Gasteiger partial charge in [-0.2, -0.15) is 10.2 Å². The van der Waals surface area contributed by atoms with Gasteiger partial charge in [-0.25, -0.2) is 9.50 Å². The number of nitrogens with zero attached hydrogens (tertiary/aromatic N) is 5. The second-order valence-electron chi connectivity index (χ2n) is 7.59. The number of amides is 1. The van der Waals surface area contributed by atoms with E-state index in [1.807, 2.05) is 37.6 Å². The van der Waals surface area contributed by atoms with Gasteiger partial charge in [-0.15, -0.1) is 0 Å². The average molecular weight is 459 g/mol. The first kappa shape index (κ1) is 20.9. The number of carbonyl (C=O) groups is 1. The van der Waals surface area contributed by atoms with Crippen molar-refractivity contribution < 1.29 is 9.90 Å². The minimum atomic E-state index is -1.30. The first-order valence-electron chi connectivity index (χ1n) is 10.2. The molecule has 8 nitrogen and oxygen atoms in total. The van der Waals surface area contributed by atoms with Crippen LogP contribution in [0.15, 0.2) is 79.5 Å². The van der Waals surface area contributed by atoms with Crippen molar-refractivity contribution in [1.29, 1.82) is 0 Å². The van der Waals surface area contributed by atoms with Gasteiger partial charge in [0.25, 0.3) is 5.91 Å². The second kappa shape index (κ2) is 8.50. The summed E-state index contributed by atoms with van der Waals surface area (Å²) in [6.45, 7) is 0. The first-order valence-corrected chi connectivity index (χ1v) is 10.5. The molecule has 2 N–H and O–H groups in total. The molecule has 1 amide bonds. The molecule has 0 aliphatic rings. The summed E-state index contributed by atoms with van der Waals surface area (Å²) >= 11 is 5.86. The van der Waals surface area contributed by atoms with Crippen LogP contribution in [-0.2, 0) is 11.8 Å². The van der Waals surface area contributed by atoms with E-state index in [2.05, 4.69) is 20.5 Å². The zero-order chi connectivity index (χ0) is 22.9. The predicted octanol–water partition coefficient (Wildman–Crippen LogP) is 4.12.